The van der Waals surface area contributed by atoms with Gasteiger partial charge in [0, 0.05) is 24.0 Å². The number of sulfonamides is 1. The van der Waals surface area contributed by atoms with Gasteiger partial charge in [0.15, 0.2) is 10.9 Å². The molecule has 0 saturated heterocycles. The lowest BCUT2D eigenvalue weighted by Gasteiger charge is -2.21. The maximum Gasteiger partial charge on any atom is 0.232 e. The monoisotopic (exact) mass is 363 g/mol. The van der Waals surface area contributed by atoms with Crippen LogP contribution in [-0.2, 0) is 16.4 Å². The van der Waals surface area contributed by atoms with Crippen molar-refractivity contribution in [2.45, 2.75) is 24.5 Å². The Morgan fingerprint density at radius 2 is 2.04 bits per heavy atom. The van der Waals surface area contributed by atoms with Crippen LogP contribution >= 0.6 is 11.8 Å². The number of anilines is 1. The molecule has 2 aromatic rings. The van der Waals surface area contributed by atoms with Crippen molar-refractivity contribution in [2.75, 3.05) is 16.3 Å². The molecular formula is C16H17N3O3S2. The van der Waals surface area contributed by atoms with Crippen molar-refractivity contribution in [3.05, 3.63) is 47.8 Å². The van der Waals surface area contributed by atoms with Crippen LogP contribution in [0, 0.1) is 0 Å². The van der Waals surface area contributed by atoms with Gasteiger partial charge >= 0.3 is 0 Å². The van der Waals surface area contributed by atoms with Crippen molar-refractivity contribution in [3.8, 4) is 0 Å². The summed E-state index contributed by atoms with van der Waals surface area (Å²) < 4.78 is 25.3. The number of Topliss-reactive ketones (excluding diaryl/α,β-unsaturated/α-hetero) is 1. The highest BCUT2D eigenvalue weighted by atomic mass is 32.2. The van der Waals surface area contributed by atoms with Gasteiger partial charge in [-0.25, -0.2) is 18.4 Å². The molecule has 0 N–H and O–H groups in total. The zero-order valence-corrected chi connectivity index (χ0v) is 15.0. The summed E-state index contributed by atoms with van der Waals surface area (Å²) in [6, 6.07) is 6.79. The van der Waals surface area contributed by atoms with Gasteiger partial charge in [-0.3, -0.25) is 9.10 Å². The fraction of sp³-hybridized carbons (Fsp3) is 0.312. The van der Waals surface area contributed by atoms with Crippen molar-refractivity contribution in [2.24, 2.45) is 0 Å². The minimum absolute atomic E-state index is 0.0271. The molecule has 1 aromatic heterocycles. The maximum atomic E-state index is 12.4. The van der Waals surface area contributed by atoms with E-state index in [-0.39, 0.29) is 17.6 Å². The second-order valence-corrected chi connectivity index (χ2v) is 8.50. The predicted molar refractivity (Wildman–Crippen MR) is 94.0 cm³/mol. The molecule has 1 unspecified atom stereocenters. The third-order valence-corrected chi connectivity index (χ3v) is 5.93. The minimum Gasteiger partial charge on any atom is -0.293 e. The van der Waals surface area contributed by atoms with Crippen molar-refractivity contribution in [1.29, 1.82) is 0 Å². The van der Waals surface area contributed by atoms with Gasteiger partial charge in [-0.15, -0.1) is 0 Å². The summed E-state index contributed by atoms with van der Waals surface area (Å²) in [6.45, 7) is 1.87. The lowest BCUT2D eigenvalue weighted by molar-refractivity contribution is 0.102. The Morgan fingerprint density at radius 3 is 2.71 bits per heavy atom. The fourth-order valence-corrected chi connectivity index (χ4v) is 4.82. The maximum absolute atomic E-state index is 12.4. The van der Waals surface area contributed by atoms with Crippen molar-refractivity contribution < 1.29 is 13.2 Å². The van der Waals surface area contributed by atoms with Gasteiger partial charge in [-0.05, 0) is 43.2 Å². The predicted octanol–water partition coefficient (Wildman–Crippen LogP) is 2.16. The first-order chi connectivity index (χ1) is 11.4. The van der Waals surface area contributed by atoms with E-state index in [1.54, 1.807) is 36.7 Å². The SMILES string of the molecule is CC1Cc2cc(C(=O)CSc3ncccn3)ccc2N1S(C)(=O)=O. The number of hydrogen-bond acceptors (Lipinski definition) is 6. The third-order valence-electron chi connectivity index (χ3n) is 3.79. The molecule has 0 fully saturated rings. The molecule has 0 radical (unpaired) electrons. The number of fused-ring (bicyclic) bond motifs is 1. The van der Waals surface area contributed by atoms with Crippen LogP contribution in [0.2, 0.25) is 0 Å². The van der Waals surface area contributed by atoms with E-state index in [1.807, 2.05) is 6.92 Å². The number of carbonyl (C=O) groups is 1. The molecule has 1 atom stereocenters. The largest absolute Gasteiger partial charge is 0.293 e. The molecule has 1 aliphatic heterocycles. The van der Waals surface area contributed by atoms with Crippen molar-refractivity contribution >= 4 is 33.3 Å². The van der Waals surface area contributed by atoms with E-state index < -0.39 is 10.0 Å². The summed E-state index contributed by atoms with van der Waals surface area (Å²) >= 11 is 1.28. The smallest absolute Gasteiger partial charge is 0.232 e. The van der Waals surface area contributed by atoms with Crippen LogP contribution in [0.15, 0.2) is 41.8 Å². The Hall–Kier alpha value is -1.93. The molecule has 0 bridgehead atoms. The van der Waals surface area contributed by atoms with Crippen LogP contribution in [0.1, 0.15) is 22.8 Å². The molecular weight excluding hydrogens is 346 g/mol. The van der Waals surface area contributed by atoms with Crippen molar-refractivity contribution in [1.82, 2.24) is 9.97 Å². The Labute approximate surface area is 145 Å². The first kappa shape index (κ1) is 16.9. The first-order valence-corrected chi connectivity index (χ1v) is 10.2. The van der Waals surface area contributed by atoms with Gasteiger partial charge in [0.05, 0.1) is 17.7 Å². The lowest BCUT2D eigenvalue weighted by atomic mass is 10.0. The van der Waals surface area contributed by atoms with E-state index >= 15 is 0 Å². The number of aromatic nitrogens is 2. The number of nitrogens with zero attached hydrogens (tertiary/aromatic N) is 3. The average molecular weight is 363 g/mol. The molecule has 1 aromatic carbocycles. The van der Waals surface area contributed by atoms with Gasteiger partial charge in [-0.2, -0.15) is 0 Å². The summed E-state index contributed by atoms with van der Waals surface area (Å²) in [5.41, 5.74) is 2.14. The van der Waals surface area contributed by atoms with E-state index in [4.69, 9.17) is 0 Å². The molecule has 2 heterocycles. The van der Waals surface area contributed by atoms with Crippen LogP contribution < -0.4 is 4.31 Å². The van der Waals surface area contributed by atoms with Crippen LogP contribution in [0.3, 0.4) is 0 Å². The number of carbonyl (C=O) groups excluding carboxylic acids is 1. The number of benzene rings is 1. The van der Waals surface area contributed by atoms with E-state index in [9.17, 15) is 13.2 Å². The Bertz CT molecular complexity index is 869. The molecule has 1 aliphatic rings. The number of rotatable bonds is 5. The van der Waals surface area contributed by atoms with E-state index in [2.05, 4.69) is 9.97 Å². The summed E-state index contributed by atoms with van der Waals surface area (Å²) in [4.78, 5) is 20.5. The fourth-order valence-electron chi connectivity index (χ4n) is 2.85. The van der Waals surface area contributed by atoms with E-state index in [0.29, 0.717) is 22.8 Å². The average Bonchev–Trinajstić information content (AvgIpc) is 2.88. The van der Waals surface area contributed by atoms with Gasteiger partial charge in [0.2, 0.25) is 10.0 Å². The van der Waals surface area contributed by atoms with Gasteiger partial charge in [0.1, 0.15) is 0 Å². The molecule has 3 rings (SSSR count). The van der Waals surface area contributed by atoms with Gasteiger partial charge in [0.25, 0.3) is 0 Å². The standard InChI is InChI=1S/C16H17N3O3S2/c1-11-8-13-9-12(4-5-14(13)19(11)24(2,21)22)15(20)10-23-16-17-6-3-7-18-16/h3-7,9,11H,8,10H2,1-2H3. The Morgan fingerprint density at radius 1 is 1.33 bits per heavy atom. The summed E-state index contributed by atoms with van der Waals surface area (Å²) in [5.74, 6) is 0.217. The van der Waals surface area contributed by atoms with Gasteiger partial charge in [-0.1, -0.05) is 11.8 Å². The molecule has 6 nitrogen and oxygen atoms in total. The van der Waals surface area contributed by atoms with Gasteiger partial charge < -0.3 is 0 Å². The molecule has 24 heavy (non-hydrogen) atoms. The second-order valence-electron chi connectivity index (χ2n) is 5.70. The van der Waals surface area contributed by atoms with Crippen molar-refractivity contribution in [3.63, 3.8) is 0 Å². The molecule has 0 saturated carbocycles. The van der Waals surface area contributed by atoms with Crippen LogP contribution in [0.5, 0.6) is 0 Å². The van der Waals surface area contributed by atoms with Crippen LogP contribution in [-0.4, -0.2) is 42.2 Å². The highest BCUT2D eigenvalue weighted by molar-refractivity contribution is 7.99. The Balaban J connectivity index is 1.77. The van der Waals surface area contributed by atoms with E-state index in [1.165, 1.54) is 22.3 Å². The number of hydrogen-bond donors (Lipinski definition) is 0. The Kier molecular flexibility index (Phi) is 4.60. The quantitative estimate of drug-likeness (QED) is 0.460. The summed E-state index contributed by atoms with van der Waals surface area (Å²) in [5, 5.41) is 0.559. The first-order valence-electron chi connectivity index (χ1n) is 7.41. The normalized spacial score (nSPS) is 16.9. The highest BCUT2D eigenvalue weighted by Crippen LogP contribution is 2.35. The molecule has 126 valence electrons. The van der Waals surface area contributed by atoms with E-state index in [0.717, 1.165) is 5.56 Å². The topological polar surface area (TPSA) is 80.2 Å². The molecule has 8 heteroatoms. The second kappa shape index (κ2) is 6.52. The lowest BCUT2D eigenvalue weighted by Crippen LogP contribution is -2.34. The molecule has 0 amide bonds. The number of thioether (sulfide) groups is 1. The zero-order chi connectivity index (χ0) is 17.3. The minimum atomic E-state index is -3.32. The number of ketones is 1. The molecule has 0 spiro atoms. The highest BCUT2D eigenvalue weighted by Gasteiger charge is 2.32. The van der Waals surface area contributed by atoms with Crippen LogP contribution in [0.25, 0.3) is 0 Å². The molecule has 0 aliphatic carbocycles. The summed E-state index contributed by atoms with van der Waals surface area (Å²) in [6.07, 6.45) is 5.08. The summed E-state index contributed by atoms with van der Waals surface area (Å²) in [7, 11) is -3.32. The third kappa shape index (κ3) is 3.44. The zero-order valence-electron chi connectivity index (χ0n) is 13.3. The van der Waals surface area contributed by atoms with Crippen LogP contribution in [0.4, 0.5) is 5.69 Å².